The number of fused-ring (bicyclic) bond motifs is 5. The van der Waals surface area contributed by atoms with E-state index in [1.165, 1.54) is 79.4 Å². The normalized spacial score (nSPS) is 11.0. The lowest BCUT2D eigenvalue weighted by Crippen LogP contribution is -2.13. The zero-order valence-corrected chi connectivity index (χ0v) is 71.1. The van der Waals surface area contributed by atoms with E-state index in [-0.39, 0.29) is 131 Å². The zero-order valence-electron chi connectivity index (χ0n) is 69.0. The Kier molecular flexibility index (Phi) is 28.8. The number of nitriles is 1. The Balaban J connectivity index is 0.000000132. The number of azo groups is 2. The number of nitrogens with one attached hydrogen (secondary N) is 1. The van der Waals surface area contributed by atoms with Crippen molar-refractivity contribution in [1.29, 1.82) is 10.7 Å². The van der Waals surface area contributed by atoms with Gasteiger partial charge in [-0.25, -0.2) is 135 Å². The SMILES string of the molecule is Fc1cnc2c(c1)c(I)nn2Cc1ccccc1F.N#Cc1nn(Cc2ccccc2F)c2ncc(F)cc12.N=C(N)c1nn(Cc2ccccc2F)c2ncc(F)cc12.Nc1nc(-c2nn(Cc3ccccc3F)c3ncc(F)cc23)nc(N)c1N.Nc1nc(-c2nn(Cc3ccccc3F)c3ncc(F)cc23)nc(N)c1N=Nc1ccccc1.[C-]#[N+]C(N=Nc1ccccc1)[N+]#[C-]. The summed E-state index contributed by atoms with van der Waals surface area (Å²) in [5, 5.41) is 55.2. The van der Waals surface area contributed by atoms with Gasteiger partial charge < -0.3 is 34.4 Å². The molecule has 0 fully saturated rings. The third kappa shape index (κ3) is 21.9. The summed E-state index contributed by atoms with van der Waals surface area (Å²) in [6.07, 6.45) is 4.30. The van der Waals surface area contributed by atoms with Gasteiger partial charge in [0.2, 0.25) is 0 Å². The number of halogens is 11. The number of aromatic nitrogens is 19. The highest BCUT2D eigenvalue weighted by Gasteiger charge is 2.25. The van der Waals surface area contributed by atoms with Crippen LogP contribution >= 0.6 is 22.6 Å². The van der Waals surface area contributed by atoms with E-state index >= 15 is 0 Å². The second kappa shape index (κ2) is 41.8. The van der Waals surface area contributed by atoms with E-state index in [1.54, 1.807) is 120 Å². The molecule has 44 heteroatoms. The van der Waals surface area contributed by atoms with Gasteiger partial charge in [0.05, 0.1) is 102 Å². The van der Waals surface area contributed by atoms with Gasteiger partial charge >= 0.3 is 6.29 Å². The number of nitrogen functional groups attached to an aromatic ring is 6. The van der Waals surface area contributed by atoms with E-state index in [0.29, 0.717) is 98.1 Å². The van der Waals surface area contributed by atoms with E-state index in [0.717, 1.165) is 31.0 Å². The quantitative estimate of drug-likeness (QED) is 0.0111. The minimum Gasteiger partial charge on any atom is -0.393 e. The summed E-state index contributed by atoms with van der Waals surface area (Å²) >= 11 is 2.01. The van der Waals surface area contributed by atoms with Crippen molar-refractivity contribution in [2.75, 3.05) is 28.7 Å². The Morgan fingerprint density at radius 1 is 0.388 bits per heavy atom. The van der Waals surface area contributed by atoms with Gasteiger partial charge in [-0.1, -0.05) is 127 Å². The van der Waals surface area contributed by atoms with Crippen LogP contribution in [0.3, 0.4) is 0 Å². The first-order valence-corrected chi connectivity index (χ1v) is 40.2. The molecular weight excluding hydrogens is 1860 g/mol. The van der Waals surface area contributed by atoms with Gasteiger partial charge in [0.1, 0.15) is 96.5 Å². The van der Waals surface area contributed by atoms with E-state index in [9.17, 15) is 43.9 Å². The third-order valence-electron chi connectivity index (χ3n) is 19.1. The van der Waals surface area contributed by atoms with Crippen LogP contribution in [0.4, 0.5) is 89.9 Å². The van der Waals surface area contributed by atoms with E-state index in [2.05, 4.69) is 100 Å². The lowest BCUT2D eigenvalue weighted by molar-refractivity contribution is 0.587. The van der Waals surface area contributed by atoms with Gasteiger partial charge in [-0.3, -0.25) is 5.41 Å². The third-order valence-corrected chi connectivity index (χ3v) is 19.9. The van der Waals surface area contributed by atoms with Gasteiger partial charge in [-0.2, -0.15) is 35.9 Å². The van der Waals surface area contributed by atoms with Gasteiger partial charge in [0, 0.05) is 27.8 Å². The molecule has 19 aromatic rings. The Bertz CT molecular complexity index is 7720. The van der Waals surface area contributed by atoms with Crippen LogP contribution in [0.2, 0.25) is 0 Å². The van der Waals surface area contributed by atoms with Gasteiger partial charge in [-0.05, 0) is 113 Å². The molecule has 12 heterocycles. The minimum atomic E-state index is -1.04. The van der Waals surface area contributed by atoms with Crippen molar-refractivity contribution in [2.45, 2.75) is 39.0 Å². The fraction of sp³-hybridized carbons (Fsp3) is 0.0667. The monoisotopic (exact) mass is 1920 g/mol. The van der Waals surface area contributed by atoms with Gasteiger partial charge in [-0.15, -0.1) is 10.2 Å². The number of nitrogens with two attached hydrogens (primary N) is 6. The van der Waals surface area contributed by atoms with Crippen LogP contribution in [0.5, 0.6) is 0 Å². The highest BCUT2D eigenvalue weighted by atomic mass is 127. The molecule has 0 amide bonds. The number of hydrogen-bond donors (Lipinski definition) is 7. The molecule has 7 aromatic carbocycles. The number of amidine groups is 1. The molecule has 0 aliphatic rings. The maximum absolute atomic E-state index is 14.2. The number of rotatable bonds is 17. The molecule has 0 aliphatic heterocycles. The number of anilines is 5. The molecule has 0 saturated heterocycles. The lowest BCUT2D eigenvalue weighted by Gasteiger charge is -2.05. The summed E-state index contributed by atoms with van der Waals surface area (Å²) in [7, 11) is 0. The Morgan fingerprint density at radius 3 is 1.07 bits per heavy atom. The summed E-state index contributed by atoms with van der Waals surface area (Å²) in [6.45, 7) is 13.8. The minimum absolute atomic E-state index is 0.0151. The predicted molar refractivity (Wildman–Crippen MR) is 486 cm³/mol. The smallest absolute Gasteiger partial charge is 0.393 e. The molecule has 33 nitrogen and oxygen atoms in total. The number of benzene rings is 7. The Morgan fingerprint density at radius 2 is 0.694 bits per heavy atom. The fourth-order valence-corrected chi connectivity index (χ4v) is 13.5. The molecule has 0 radical (unpaired) electrons. The van der Waals surface area contributed by atoms with E-state index < -0.39 is 41.2 Å². The largest absolute Gasteiger partial charge is 0.602 e. The second-order valence-electron chi connectivity index (χ2n) is 28.2. The molecule has 0 saturated carbocycles. The van der Waals surface area contributed by atoms with Crippen LogP contribution in [0.15, 0.2) is 264 Å². The highest BCUT2D eigenvalue weighted by Crippen LogP contribution is 2.36. The summed E-state index contributed by atoms with van der Waals surface area (Å²) in [5.74, 6) is -4.68. The van der Waals surface area contributed by atoms with Crippen LogP contribution in [-0.2, 0) is 32.7 Å². The molecular formula is C90H64F10IN33. The standard InChI is InChI=1S/C23H17F2N9.C17H14F2N8.C14H11F2N5.C14H8F2N4.C13H8F2IN3.C9H6N4/c24-14-10-16-18(33-34(23(16)28-11-14)12-13-6-4-5-9-17(13)25)22-29-20(26)19(21(27)30-22)32-31-15-7-2-1-3-8-15;18-9-5-10-13(16-24-14(21)12(20)15(22)25-16)26-27(17(10)23-6-9)7-8-3-1-2-4-11(8)19;15-9-5-10-12(13(17)18)20-21(14(10)19-6-9)7-8-3-1-2-4-11(8)16;15-10-5-11-13(6-17)19-20(14(11)18-7-10)8-9-3-1-2-4-12(9)16;14-9-5-10-12(16)18-19(13(10)17-6-9)7-8-3-1-2-4-11(8)15;1-10-9(11-2)13-12-8-6-4-3-5-7-8/h1-11H,12H2,(H4,26,27,29,30);1-6H,7,20H2,(H4,21,22,24,25);1-6H,7H2,(H3,17,18);1-5,7H,8H2;1-6H,7H2;3-7,9H. The topological polar surface area (TPSA) is 467 Å². The highest BCUT2D eigenvalue weighted by molar-refractivity contribution is 14.1. The first-order valence-electron chi connectivity index (χ1n) is 39.1. The average molecular weight is 1920 g/mol. The molecule has 0 bridgehead atoms. The molecule has 19 rings (SSSR count). The van der Waals surface area contributed by atoms with Crippen LogP contribution in [0, 0.1) is 91.8 Å². The summed E-state index contributed by atoms with van der Waals surface area (Å²) in [4.78, 5) is 42.7. The molecule has 134 heavy (non-hydrogen) atoms. The molecule has 0 spiro atoms. The molecule has 12 aromatic heterocycles. The van der Waals surface area contributed by atoms with Crippen molar-refractivity contribution in [3.05, 3.63) is 367 Å². The van der Waals surface area contributed by atoms with Crippen molar-refractivity contribution in [3.63, 3.8) is 0 Å². The molecule has 666 valence electrons. The molecule has 0 atom stereocenters. The van der Waals surface area contributed by atoms with Crippen LogP contribution < -0.4 is 34.4 Å². The maximum Gasteiger partial charge on any atom is 0.602 e. The van der Waals surface area contributed by atoms with Crippen molar-refractivity contribution in [3.8, 4) is 29.1 Å². The van der Waals surface area contributed by atoms with Crippen molar-refractivity contribution in [1.82, 2.24) is 93.8 Å². The molecule has 0 aliphatic carbocycles. The van der Waals surface area contributed by atoms with Crippen LogP contribution in [0.25, 0.3) is 87.9 Å². The first-order chi connectivity index (χ1) is 64.7. The molecule has 13 N–H and O–H groups in total. The summed E-state index contributed by atoms with van der Waals surface area (Å²) in [5.41, 5.74) is 40.9. The number of pyridine rings is 5. The van der Waals surface area contributed by atoms with E-state index in [4.69, 9.17) is 58.2 Å². The van der Waals surface area contributed by atoms with Crippen LogP contribution in [-0.4, -0.2) is 106 Å². The summed E-state index contributed by atoms with van der Waals surface area (Å²) in [6, 6.07) is 57.8. The van der Waals surface area contributed by atoms with Crippen LogP contribution in [0.1, 0.15) is 39.2 Å². The average Bonchev–Trinajstić information content (AvgIpc) is 1.62. The lowest BCUT2D eigenvalue weighted by atomic mass is 10.2. The first kappa shape index (κ1) is 92.2. The maximum atomic E-state index is 14.2. The number of hydrogen-bond acceptors (Lipinski definition) is 25. The van der Waals surface area contributed by atoms with E-state index in [1.807, 2.05) is 65.1 Å². The predicted octanol–water partition coefficient (Wildman–Crippen LogP) is 17.7. The van der Waals surface area contributed by atoms with Crippen molar-refractivity contribution >= 4 is 130 Å². The van der Waals surface area contributed by atoms with Crippen molar-refractivity contribution < 1.29 is 43.9 Å². The van der Waals surface area contributed by atoms with Gasteiger partial charge in [0.25, 0.3) is 0 Å². The Hall–Kier alpha value is -18.0. The van der Waals surface area contributed by atoms with Gasteiger partial charge in [0.15, 0.2) is 74.5 Å². The van der Waals surface area contributed by atoms with Crippen molar-refractivity contribution in [2.24, 2.45) is 26.2 Å². The zero-order chi connectivity index (χ0) is 94.8. The second-order valence-corrected chi connectivity index (χ2v) is 29.2. The fourth-order valence-electron chi connectivity index (χ4n) is 12.8. The summed E-state index contributed by atoms with van der Waals surface area (Å²) < 4.78 is 145. The molecule has 0 unspecified atom stereocenters. The number of nitrogens with zero attached hydrogens (tertiary/aromatic N) is 26. The Labute approximate surface area is 763 Å².